The maximum Gasteiger partial charge on any atom is 0.335 e. The molecule has 0 aliphatic rings. The second-order valence-corrected chi connectivity index (χ2v) is 7.48. The third-order valence-corrected chi connectivity index (χ3v) is 4.60. The average molecular weight is 424 g/mol. The van der Waals surface area contributed by atoms with Crippen molar-refractivity contribution in [2.75, 3.05) is 26.2 Å². The summed E-state index contributed by atoms with van der Waals surface area (Å²) in [5.74, 6) is -2.99. The van der Waals surface area contributed by atoms with E-state index in [0.29, 0.717) is 12.1 Å². The molecule has 1 rings (SSSR count). The molecular formula is C20H26NO7S+. The minimum absolute atomic E-state index is 0.535. The zero-order chi connectivity index (χ0) is 22.7. The summed E-state index contributed by atoms with van der Waals surface area (Å²) in [6, 6.07) is 2.13. The zero-order valence-electron chi connectivity index (χ0n) is 16.0. The van der Waals surface area contributed by atoms with Gasteiger partial charge >= 0.3 is 11.9 Å². The van der Waals surface area contributed by atoms with Crippen LogP contribution in [0.25, 0.3) is 0 Å². The molecule has 0 atom stereocenters. The van der Waals surface area contributed by atoms with Crippen molar-refractivity contribution in [2.45, 2.75) is 4.90 Å². The van der Waals surface area contributed by atoms with Crippen LogP contribution in [-0.2, 0) is 10.1 Å². The highest BCUT2D eigenvalue weighted by molar-refractivity contribution is 7.85. The van der Waals surface area contributed by atoms with Crippen molar-refractivity contribution in [3.63, 3.8) is 0 Å². The molecule has 29 heavy (non-hydrogen) atoms. The molecule has 0 heterocycles. The highest BCUT2D eigenvalue weighted by atomic mass is 32.2. The summed E-state index contributed by atoms with van der Waals surface area (Å²) in [4.78, 5) is 20.4. The number of carboxylic acid groups (broad SMARTS) is 2. The van der Waals surface area contributed by atoms with Gasteiger partial charge in [0.15, 0.2) is 0 Å². The molecule has 0 aromatic heterocycles. The van der Waals surface area contributed by atoms with Crippen LogP contribution in [0.1, 0.15) is 20.7 Å². The number of carboxylic acids is 2. The van der Waals surface area contributed by atoms with Crippen LogP contribution >= 0.6 is 0 Å². The van der Waals surface area contributed by atoms with E-state index in [4.69, 9.17) is 14.8 Å². The summed E-state index contributed by atoms with van der Waals surface area (Å²) < 4.78 is 31.1. The Labute approximate surface area is 170 Å². The molecule has 0 amide bonds. The molecule has 0 aliphatic heterocycles. The molecule has 0 fully saturated rings. The molecule has 1 aromatic carbocycles. The maximum absolute atomic E-state index is 10.8. The standard InChI is InChI=1S/C12H20N.C8H6O7S/c1-5-9-13(10-6-2,11-7-3)12-8-4;9-7(10)4-1-5(8(11)12)3-6(2-4)16(13,14)15/h5-8H,1-4,9-12H2;1-3H,(H,9,10)(H,11,12)(H,13,14,15)/q+1;. The fraction of sp³-hybridized carbons (Fsp3) is 0.200. The van der Waals surface area contributed by atoms with Gasteiger partial charge in [-0.2, -0.15) is 8.42 Å². The van der Waals surface area contributed by atoms with Gasteiger partial charge in [-0.05, 0) is 42.5 Å². The lowest BCUT2D eigenvalue weighted by Gasteiger charge is -2.35. The normalized spacial score (nSPS) is 10.8. The third-order valence-electron chi connectivity index (χ3n) is 3.76. The Morgan fingerprint density at radius 3 is 1.31 bits per heavy atom. The van der Waals surface area contributed by atoms with Gasteiger partial charge in [-0.15, -0.1) is 0 Å². The SMILES string of the molecule is C=CC[N+](CC=C)(CC=C)CC=C.O=C(O)c1cc(C(=O)O)cc(S(=O)(=O)O)c1. The third kappa shape index (κ3) is 8.69. The number of benzene rings is 1. The summed E-state index contributed by atoms with van der Waals surface area (Å²) in [5.41, 5.74) is -1.07. The van der Waals surface area contributed by atoms with E-state index in [1.165, 1.54) is 0 Å². The van der Waals surface area contributed by atoms with E-state index >= 15 is 0 Å². The highest BCUT2D eigenvalue weighted by Crippen LogP contribution is 2.15. The molecule has 0 unspecified atom stereocenters. The van der Waals surface area contributed by atoms with Crippen molar-refractivity contribution in [2.24, 2.45) is 0 Å². The van der Waals surface area contributed by atoms with Crippen molar-refractivity contribution in [3.8, 4) is 0 Å². The van der Waals surface area contributed by atoms with Crippen LogP contribution in [0.15, 0.2) is 73.7 Å². The van der Waals surface area contributed by atoms with Crippen molar-refractivity contribution in [1.82, 2.24) is 0 Å². The van der Waals surface area contributed by atoms with Crippen LogP contribution in [0.4, 0.5) is 0 Å². The van der Waals surface area contributed by atoms with E-state index in [9.17, 15) is 18.0 Å². The summed E-state index contributed by atoms with van der Waals surface area (Å²) in [7, 11) is -4.64. The molecular weight excluding hydrogens is 398 g/mol. The van der Waals surface area contributed by atoms with Crippen molar-refractivity contribution < 1.29 is 37.3 Å². The van der Waals surface area contributed by atoms with E-state index < -0.39 is 38.1 Å². The molecule has 0 bridgehead atoms. The summed E-state index contributed by atoms with van der Waals surface area (Å²) in [6.07, 6.45) is 7.76. The van der Waals surface area contributed by atoms with Gasteiger partial charge in [0.05, 0.1) is 42.2 Å². The lowest BCUT2D eigenvalue weighted by Crippen LogP contribution is -2.48. The van der Waals surface area contributed by atoms with E-state index in [1.807, 2.05) is 24.3 Å². The lowest BCUT2D eigenvalue weighted by molar-refractivity contribution is -0.906. The first-order valence-corrected chi connectivity index (χ1v) is 9.78. The quantitative estimate of drug-likeness (QED) is 0.283. The van der Waals surface area contributed by atoms with E-state index in [2.05, 4.69) is 26.3 Å². The van der Waals surface area contributed by atoms with Gasteiger partial charge in [-0.25, -0.2) is 9.59 Å². The Bertz CT molecular complexity index is 810. The first-order valence-electron chi connectivity index (χ1n) is 8.34. The smallest absolute Gasteiger partial charge is 0.335 e. The summed E-state index contributed by atoms with van der Waals surface area (Å²) >= 11 is 0. The van der Waals surface area contributed by atoms with Crippen LogP contribution < -0.4 is 0 Å². The second-order valence-electron chi connectivity index (χ2n) is 6.06. The van der Waals surface area contributed by atoms with Crippen molar-refractivity contribution >= 4 is 22.1 Å². The van der Waals surface area contributed by atoms with Gasteiger partial charge in [0.1, 0.15) is 0 Å². The predicted octanol–water partition coefficient (Wildman–Crippen LogP) is 2.88. The summed E-state index contributed by atoms with van der Waals surface area (Å²) in [6.45, 7) is 18.8. The van der Waals surface area contributed by atoms with E-state index in [0.717, 1.165) is 36.7 Å². The number of hydrogen-bond acceptors (Lipinski definition) is 4. The number of hydrogen-bond donors (Lipinski definition) is 3. The van der Waals surface area contributed by atoms with Gasteiger partial charge < -0.3 is 14.7 Å². The molecule has 0 radical (unpaired) electrons. The molecule has 0 spiro atoms. The number of nitrogens with zero attached hydrogens (tertiary/aromatic N) is 1. The lowest BCUT2D eigenvalue weighted by atomic mass is 10.1. The van der Waals surface area contributed by atoms with Crippen LogP contribution in [0.2, 0.25) is 0 Å². The maximum atomic E-state index is 10.8. The Morgan fingerprint density at radius 1 is 0.793 bits per heavy atom. The molecule has 1 aromatic rings. The molecule has 9 heteroatoms. The molecule has 0 saturated heterocycles. The minimum Gasteiger partial charge on any atom is -0.478 e. The topological polar surface area (TPSA) is 129 Å². The van der Waals surface area contributed by atoms with Gasteiger partial charge in [-0.3, -0.25) is 4.55 Å². The fourth-order valence-corrected chi connectivity index (χ4v) is 3.09. The van der Waals surface area contributed by atoms with Crippen molar-refractivity contribution in [3.05, 3.63) is 79.9 Å². The number of quaternary nitrogens is 1. The van der Waals surface area contributed by atoms with Gasteiger partial charge in [0.2, 0.25) is 0 Å². The summed E-state index contributed by atoms with van der Waals surface area (Å²) in [5, 5.41) is 17.2. The van der Waals surface area contributed by atoms with Crippen molar-refractivity contribution in [1.29, 1.82) is 0 Å². The monoisotopic (exact) mass is 424 g/mol. The van der Waals surface area contributed by atoms with Gasteiger partial charge in [-0.1, -0.05) is 26.3 Å². The van der Waals surface area contributed by atoms with Crippen LogP contribution in [-0.4, -0.2) is 65.8 Å². The number of aromatic carboxylic acids is 2. The van der Waals surface area contributed by atoms with E-state index in [1.54, 1.807) is 0 Å². The Kier molecular flexibility index (Phi) is 10.5. The largest absolute Gasteiger partial charge is 0.478 e. The Hall–Kier alpha value is -3.01. The minimum atomic E-state index is -4.64. The van der Waals surface area contributed by atoms with Crippen LogP contribution in [0.5, 0.6) is 0 Å². The molecule has 0 saturated carbocycles. The predicted molar refractivity (Wildman–Crippen MR) is 111 cm³/mol. The molecule has 3 N–H and O–H groups in total. The second kappa shape index (κ2) is 11.7. The molecule has 158 valence electrons. The van der Waals surface area contributed by atoms with Crippen LogP contribution in [0, 0.1) is 0 Å². The first kappa shape index (κ1) is 26.0. The fourth-order valence-electron chi connectivity index (χ4n) is 2.54. The van der Waals surface area contributed by atoms with Gasteiger partial charge in [0.25, 0.3) is 10.1 Å². The van der Waals surface area contributed by atoms with Gasteiger partial charge in [0, 0.05) is 0 Å². The number of carbonyl (C=O) groups is 2. The first-order chi connectivity index (χ1) is 13.5. The Balaban J connectivity index is 0.000000555. The number of rotatable bonds is 11. The molecule has 0 aliphatic carbocycles. The van der Waals surface area contributed by atoms with E-state index in [-0.39, 0.29) is 0 Å². The average Bonchev–Trinajstić information content (AvgIpc) is 2.62. The highest BCUT2D eigenvalue weighted by Gasteiger charge is 2.20. The van der Waals surface area contributed by atoms with Crippen LogP contribution in [0.3, 0.4) is 0 Å². The molecule has 8 nitrogen and oxygen atoms in total. The Morgan fingerprint density at radius 2 is 1.10 bits per heavy atom. The zero-order valence-corrected chi connectivity index (χ0v) is 16.8.